The number of nitrogens with zero attached hydrogens (tertiary/aromatic N) is 2. The molecule has 2 heterocycles. The van der Waals surface area contributed by atoms with Gasteiger partial charge in [0.15, 0.2) is 0 Å². The molecule has 2 N–H and O–H groups in total. The van der Waals surface area contributed by atoms with Crippen LogP contribution in [0.4, 0.5) is 5.69 Å². The van der Waals surface area contributed by atoms with Crippen molar-refractivity contribution in [2.24, 2.45) is 0 Å². The molecule has 1 aromatic carbocycles. The molecule has 2 aromatic heterocycles. The number of aromatic nitrogens is 2. The molecule has 0 fully saturated rings. The van der Waals surface area contributed by atoms with Gasteiger partial charge in [0.25, 0.3) is 5.91 Å². The van der Waals surface area contributed by atoms with Crippen LogP contribution in [0.15, 0.2) is 40.8 Å². The van der Waals surface area contributed by atoms with E-state index in [9.17, 15) is 9.59 Å². The molecule has 9 heteroatoms. The topological polar surface area (TPSA) is 106 Å². The van der Waals surface area contributed by atoms with Crippen LogP contribution in [-0.2, 0) is 22.7 Å². The van der Waals surface area contributed by atoms with E-state index < -0.39 is 0 Å². The number of carbonyl (C=O) groups excluding carboxylic acids is 2. The maximum Gasteiger partial charge on any atom is 0.286 e. The summed E-state index contributed by atoms with van der Waals surface area (Å²) in [6.45, 7) is 4.09. The molecule has 28 heavy (non-hydrogen) atoms. The minimum atomic E-state index is -0.334. The second kappa shape index (κ2) is 9.25. The number of benzene rings is 1. The van der Waals surface area contributed by atoms with E-state index in [4.69, 9.17) is 9.15 Å². The van der Waals surface area contributed by atoms with Crippen molar-refractivity contribution in [3.8, 4) is 0 Å². The molecule has 0 atom stereocenters. The smallest absolute Gasteiger partial charge is 0.286 e. The zero-order valence-electron chi connectivity index (χ0n) is 15.5. The normalized spacial score (nSPS) is 10.6. The van der Waals surface area contributed by atoms with Crippen LogP contribution in [0.25, 0.3) is 0 Å². The Morgan fingerprint density at radius 3 is 2.61 bits per heavy atom. The Balaban J connectivity index is 1.40. The minimum Gasteiger partial charge on any atom is -0.465 e. The Labute approximate surface area is 165 Å². The van der Waals surface area contributed by atoms with Gasteiger partial charge in [0.2, 0.25) is 10.9 Å². The Bertz CT molecular complexity index is 949. The Kier molecular flexibility index (Phi) is 6.51. The predicted octanol–water partition coefficient (Wildman–Crippen LogP) is 2.83. The van der Waals surface area contributed by atoms with Crippen molar-refractivity contribution in [2.75, 3.05) is 11.9 Å². The summed E-state index contributed by atoms with van der Waals surface area (Å²) in [6, 6.07) is 11.1. The van der Waals surface area contributed by atoms with Crippen LogP contribution in [0.5, 0.6) is 0 Å². The van der Waals surface area contributed by atoms with Crippen LogP contribution in [0.2, 0.25) is 0 Å². The third kappa shape index (κ3) is 5.73. The summed E-state index contributed by atoms with van der Waals surface area (Å²) in [5.74, 6) is 0.869. The van der Waals surface area contributed by atoms with Gasteiger partial charge < -0.3 is 19.8 Å². The highest BCUT2D eigenvalue weighted by Gasteiger charge is 2.13. The number of anilines is 1. The molecule has 0 aliphatic carbocycles. The SMILES string of the molecule is Cc1ccc(NC(=O)c2nnc(COCC(=O)NCc3ccc(C)o3)s2)cc1. The third-order valence-electron chi connectivity index (χ3n) is 3.69. The highest BCUT2D eigenvalue weighted by molar-refractivity contribution is 7.13. The monoisotopic (exact) mass is 400 g/mol. The average Bonchev–Trinajstić information content (AvgIpc) is 3.31. The Hall–Kier alpha value is -3.04. The maximum atomic E-state index is 12.2. The standard InChI is InChI=1S/C19H20N4O4S/c1-12-3-6-14(7-4-12)21-18(25)19-23-22-17(28-19)11-26-10-16(24)20-9-15-8-5-13(2)27-15/h3-8H,9-11H2,1-2H3,(H,20,24)(H,21,25). The van der Waals surface area contributed by atoms with Crippen LogP contribution in [0, 0.1) is 13.8 Å². The zero-order valence-corrected chi connectivity index (χ0v) is 16.3. The number of ether oxygens (including phenoxy) is 1. The number of hydrogen-bond donors (Lipinski definition) is 2. The number of amides is 2. The van der Waals surface area contributed by atoms with Crippen LogP contribution in [0.3, 0.4) is 0 Å². The lowest BCUT2D eigenvalue weighted by molar-refractivity contribution is -0.126. The number of aryl methyl sites for hydroxylation is 2. The quantitative estimate of drug-likeness (QED) is 0.602. The maximum absolute atomic E-state index is 12.2. The first-order valence-electron chi connectivity index (χ1n) is 8.60. The Morgan fingerprint density at radius 1 is 1.11 bits per heavy atom. The molecule has 3 aromatic rings. The molecule has 3 rings (SSSR count). The number of carbonyl (C=O) groups is 2. The van der Waals surface area contributed by atoms with Gasteiger partial charge in [0, 0.05) is 5.69 Å². The van der Waals surface area contributed by atoms with Gasteiger partial charge in [0.05, 0.1) is 6.54 Å². The van der Waals surface area contributed by atoms with Gasteiger partial charge in [-0.25, -0.2) is 0 Å². The summed E-state index contributed by atoms with van der Waals surface area (Å²) in [6.07, 6.45) is 0. The molecule has 0 saturated carbocycles. The third-order valence-corrected chi connectivity index (χ3v) is 4.58. The van der Waals surface area contributed by atoms with E-state index in [1.54, 1.807) is 6.07 Å². The molecule has 8 nitrogen and oxygen atoms in total. The van der Waals surface area contributed by atoms with Crippen molar-refractivity contribution in [1.29, 1.82) is 0 Å². The van der Waals surface area contributed by atoms with E-state index in [0.717, 1.165) is 22.7 Å². The number of furan rings is 1. The van der Waals surface area contributed by atoms with E-state index in [2.05, 4.69) is 20.8 Å². The highest BCUT2D eigenvalue weighted by Crippen LogP contribution is 2.14. The molecule has 146 valence electrons. The molecule has 2 amide bonds. The largest absolute Gasteiger partial charge is 0.465 e. The molecule has 0 spiro atoms. The average molecular weight is 400 g/mol. The molecule has 0 saturated heterocycles. The van der Waals surface area contributed by atoms with Crippen molar-refractivity contribution in [1.82, 2.24) is 15.5 Å². The van der Waals surface area contributed by atoms with Gasteiger partial charge in [-0.3, -0.25) is 9.59 Å². The van der Waals surface area contributed by atoms with Crippen molar-refractivity contribution < 1.29 is 18.7 Å². The summed E-state index contributed by atoms with van der Waals surface area (Å²) < 4.78 is 10.7. The van der Waals surface area contributed by atoms with Gasteiger partial charge in [-0.2, -0.15) is 0 Å². The molecule has 0 radical (unpaired) electrons. The van der Waals surface area contributed by atoms with Crippen molar-refractivity contribution in [3.05, 3.63) is 63.5 Å². The lowest BCUT2D eigenvalue weighted by Gasteiger charge is -2.03. The molecule has 0 aliphatic heterocycles. The van der Waals surface area contributed by atoms with Crippen LogP contribution >= 0.6 is 11.3 Å². The van der Waals surface area contributed by atoms with Gasteiger partial charge in [-0.15, -0.1) is 10.2 Å². The minimum absolute atomic E-state index is 0.1000. The lowest BCUT2D eigenvalue weighted by atomic mass is 10.2. The van der Waals surface area contributed by atoms with E-state index in [0.29, 0.717) is 23.0 Å². The van der Waals surface area contributed by atoms with Crippen molar-refractivity contribution in [3.63, 3.8) is 0 Å². The summed E-state index contributed by atoms with van der Waals surface area (Å²) in [5, 5.41) is 14.0. The lowest BCUT2D eigenvalue weighted by Crippen LogP contribution is -2.26. The van der Waals surface area contributed by atoms with E-state index in [-0.39, 0.29) is 30.0 Å². The van der Waals surface area contributed by atoms with Crippen LogP contribution in [0.1, 0.15) is 31.9 Å². The first-order chi connectivity index (χ1) is 13.5. The predicted molar refractivity (Wildman–Crippen MR) is 104 cm³/mol. The fourth-order valence-corrected chi connectivity index (χ4v) is 2.95. The first-order valence-corrected chi connectivity index (χ1v) is 9.41. The summed E-state index contributed by atoms with van der Waals surface area (Å²) in [7, 11) is 0. The summed E-state index contributed by atoms with van der Waals surface area (Å²) in [4.78, 5) is 24.0. The molecule has 0 unspecified atom stereocenters. The van der Waals surface area contributed by atoms with E-state index >= 15 is 0 Å². The second-order valence-electron chi connectivity index (χ2n) is 6.10. The van der Waals surface area contributed by atoms with Crippen LogP contribution in [-0.4, -0.2) is 28.6 Å². The summed E-state index contributed by atoms with van der Waals surface area (Å²) >= 11 is 1.12. The molecular formula is C19H20N4O4S. The van der Waals surface area contributed by atoms with Crippen molar-refractivity contribution in [2.45, 2.75) is 27.0 Å². The first kappa shape index (κ1) is 19.7. The molecule has 0 bridgehead atoms. The second-order valence-corrected chi connectivity index (χ2v) is 7.17. The highest BCUT2D eigenvalue weighted by atomic mass is 32.1. The number of rotatable bonds is 8. The molecular weight excluding hydrogens is 380 g/mol. The van der Waals surface area contributed by atoms with Gasteiger partial charge in [-0.05, 0) is 38.1 Å². The van der Waals surface area contributed by atoms with Gasteiger partial charge >= 0.3 is 0 Å². The molecule has 0 aliphatic rings. The zero-order chi connectivity index (χ0) is 19.9. The fraction of sp³-hybridized carbons (Fsp3) is 0.263. The Morgan fingerprint density at radius 2 is 1.89 bits per heavy atom. The van der Waals surface area contributed by atoms with Gasteiger partial charge in [0.1, 0.15) is 29.7 Å². The van der Waals surface area contributed by atoms with Crippen LogP contribution < -0.4 is 10.6 Å². The number of hydrogen-bond acceptors (Lipinski definition) is 7. The van der Waals surface area contributed by atoms with E-state index in [1.165, 1.54) is 0 Å². The fourth-order valence-electron chi connectivity index (χ4n) is 2.27. The summed E-state index contributed by atoms with van der Waals surface area (Å²) in [5.41, 5.74) is 1.80. The van der Waals surface area contributed by atoms with Crippen molar-refractivity contribution >= 4 is 28.8 Å². The number of nitrogens with one attached hydrogen (secondary N) is 2. The van der Waals surface area contributed by atoms with E-state index in [1.807, 2.05) is 44.2 Å². The van der Waals surface area contributed by atoms with Gasteiger partial charge in [-0.1, -0.05) is 29.0 Å².